The van der Waals surface area contributed by atoms with Gasteiger partial charge in [0.2, 0.25) is 0 Å². The summed E-state index contributed by atoms with van der Waals surface area (Å²) < 4.78 is 0. The van der Waals surface area contributed by atoms with E-state index in [1.54, 1.807) is 6.07 Å². The second-order valence-corrected chi connectivity index (χ2v) is 5.47. The number of hydrogen-bond donors (Lipinski definition) is 0. The number of nitro groups is 1. The Bertz CT molecular complexity index is 412. The molecule has 0 saturated heterocycles. The van der Waals surface area contributed by atoms with Crippen LogP contribution in [0.3, 0.4) is 0 Å². The van der Waals surface area contributed by atoms with E-state index in [0.29, 0.717) is 17.0 Å². The summed E-state index contributed by atoms with van der Waals surface area (Å²) in [5.41, 5.74) is 0.621. The Morgan fingerprint density at radius 3 is 2.50 bits per heavy atom. The van der Waals surface area contributed by atoms with Gasteiger partial charge in [-0.25, -0.2) is 0 Å². The van der Waals surface area contributed by atoms with Gasteiger partial charge in [-0.05, 0) is 18.9 Å². The van der Waals surface area contributed by atoms with Gasteiger partial charge in [-0.2, -0.15) is 0 Å². The average Bonchev–Trinajstić information content (AvgIpc) is 2.22. The minimum absolute atomic E-state index is 0.0206. The van der Waals surface area contributed by atoms with Crippen molar-refractivity contribution in [1.82, 2.24) is 0 Å². The van der Waals surface area contributed by atoms with Crippen LogP contribution in [0.4, 0.5) is 5.69 Å². The summed E-state index contributed by atoms with van der Waals surface area (Å²) >= 11 is 15.0. The quantitative estimate of drug-likeness (QED) is 0.460. The molecule has 3 nitrogen and oxygen atoms in total. The summed E-state index contributed by atoms with van der Waals surface area (Å²) in [6, 6.07) is 2.86. The maximum Gasteiger partial charge on any atom is 0.274 e. The maximum atomic E-state index is 10.8. The first-order chi connectivity index (χ1) is 7.45. The van der Waals surface area contributed by atoms with Crippen molar-refractivity contribution in [3.8, 4) is 0 Å². The van der Waals surface area contributed by atoms with Gasteiger partial charge < -0.3 is 0 Å². The maximum absolute atomic E-state index is 10.8. The van der Waals surface area contributed by atoms with E-state index in [1.807, 2.05) is 6.92 Å². The van der Waals surface area contributed by atoms with Crippen LogP contribution in [0.5, 0.6) is 0 Å². The number of hydrogen-bond acceptors (Lipinski definition) is 2. The molecule has 1 atom stereocenters. The van der Waals surface area contributed by atoms with Crippen LogP contribution in [0.25, 0.3) is 0 Å². The van der Waals surface area contributed by atoms with E-state index in [9.17, 15) is 10.1 Å². The summed E-state index contributed by atoms with van der Waals surface area (Å²) in [7, 11) is 0. The van der Waals surface area contributed by atoms with E-state index in [-0.39, 0.29) is 15.5 Å². The fourth-order valence-electron chi connectivity index (χ4n) is 1.29. The zero-order valence-corrected chi connectivity index (χ0v) is 11.6. The molecule has 0 spiro atoms. The number of benzene rings is 1. The zero-order chi connectivity index (χ0) is 12.3. The molecule has 0 aliphatic heterocycles. The molecule has 0 fully saturated rings. The third kappa shape index (κ3) is 3.34. The Morgan fingerprint density at radius 1 is 1.44 bits per heavy atom. The first-order valence-corrected chi connectivity index (χ1v) is 6.39. The lowest BCUT2D eigenvalue weighted by atomic mass is 10.1. The predicted molar refractivity (Wildman–Crippen MR) is 69.8 cm³/mol. The van der Waals surface area contributed by atoms with Crippen molar-refractivity contribution < 1.29 is 4.92 Å². The molecule has 6 heteroatoms. The molecule has 0 aromatic heterocycles. The minimum atomic E-state index is -0.438. The summed E-state index contributed by atoms with van der Waals surface area (Å²) in [5.74, 6) is 0. The number of nitro benzene ring substituents is 1. The van der Waals surface area contributed by atoms with Crippen LogP contribution in [0.15, 0.2) is 12.1 Å². The van der Waals surface area contributed by atoms with Gasteiger partial charge in [0.05, 0.1) is 15.0 Å². The van der Waals surface area contributed by atoms with Crippen molar-refractivity contribution in [3.63, 3.8) is 0 Å². The van der Waals surface area contributed by atoms with Gasteiger partial charge in [0, 0.05) is 16.5 Å². The molecule has 0 heterocycles. The summed E-state index contributed by atoms with van der Waals surface area (Å²) in [4.78, 5) is 10.6. The molecule has 1 rings (SSSR count). The van der Waals surface area contributed by atoms with Gasteiger partial charge >= 0.3 is 0 Å². The number of rotatable bonds is 4. The van der Waals surface area contributed by atoms with Gasteiger partial charge in [-0.1, -0.05) is 46.1 Å². The fourth-order valence-corrected chi connectivity index (χ4v) is 1.99. The minimum Gasteiger partial charge on any atom is -0.258 e. The van der Waals surface area contributed by atoms with Gasteiger partial charge in [-0.15, -0.1) is 0 Å². The molecule has 0 aliphatic carbocycles. The monoisotopic (exact) mass is 325 g/mol. The van der Waals surface area contributed by atoms with Crippen LogP contribution in [-0.2, 0) is 6.42 Å². The predicted octanol–water partition coefficient (Wildman–Crippen LogP) is 4.62. The highest BCUT2D eigenvalue weighted by atomic mass is 79.9. The number of nitrogens with zero attached hydrogens (tertiary/aromatic N) is 1. The van der Waals surface area contributed by atoms with Gasteiger partial charge in [0.1, 0.15) is 0 Å². The molecule has 16 heavy (non-hydrogen) atoms. The highest BCUT2D eigenvalue weighted by Crippen LogP contribution is 2.32. The fraction of sp³-hybridized carbons (Fsp3) is 0.400. The number of alkyl halides is 1. The summed E-state index contributed by atoms with van der Waals surface area (Å²) in [6.45, 7) is 2.00. The van der Waals surface area contributed by atoms with Crippen molar-refractivity contribution >= 4 is 44.8 Å². The summed E-state index contributed by atoms with van der Waals surface area (Å²) in [6.07, 6.45) is 1.45. The van der Waals surface area contributed by atoms with E-state index >= 15 is 0 Å². The Labute approximate surface area is 112 Å². The molecule has 1 aromatic rings. The van der Waals surface area contributed by atoms with Crippen molar-refractivity contribution in [1.29, 1.82) is 0 Å². The molecule has 0 amide bonds. The Morgan fingerprint density at radius 2 is 2.00 bits per heavy atom. The van der Waals surface area contributed by atoms with Crippen LogP contribution >= 0.6 is 39.1 Å². The van der Waals surface area contributed by atoms with Crippen LogP contribution in [0.1, 0.15) is 18.9 Å². The first kappa shape index (κ1) is 13.7. The molecule has 0 saturated carbocycles. The highest BCUT2D eigenvalue weighted by molar-refractivity contribution is 9.09. The van der Waals surface area contributed by atoms with Crippen LogP contribution in [-0.4, -0.2) is 9.75 Å². The summed E-state index contributed by atoms with van der Waals surface area (Å²) in [5, 5.41) is 11.4. The molecule has 1 aromatic carbocycles. The van der Waals surface area contributed by atoms with Crippen LogP contribution in [0.2, 0.25) is 10.0 Å². The third-order valence-corrected chi connectivity index (χ3v) is 3.90. The van der Waals surface area contributed by atoms with Crippen molar-refractivity contribution in [3.05, 3.63) is 37.9 Å². The van der Waals surface area contributed by atoms with Crippen molar-refractivity contribution in [2.24, 2.45) is 0 Å². The zero-order valence-electron chi connectivity index (χ0n) is 8.54. The third-order valence-electron chi connectivity index (χ3n) is 2.20. The second-order valence-electron chi connectivity index (χ2n) is 3.36. The van der Waals surface area contributed by atoms with E-state index in [0.717, 1.165) is 6.42 Å². The smallest absolute Gasteiger partial charge is 0.258 e. The molecule has 0 radical (unpaired) electrons. The van der Waals surface area contributed by atoms with Crippen LogP contribution < -0.4 is 0 Å². The van der Waals surface area contributed by atoms with Gasteiger partial charge in [0.15, 0.2) is 0 Å². The molecular formula is C10H10BrCl2NO2. The molecule has 0 N–H and O–H groups in total. The molecule has 88 valence electrons. The molecule has 1 unspecified atom stereocenters. The van der Waals surface area contributed by atoms with Gasteiger partial charge in [0.25, 0.3) is 5.69 Å². The van der Waals surface area contributed by atoms with E-state index in [2.05, 4.69) is 15.9 Å². The van der Waals surface area contributed by atoms with E-state index in [1.165, 1.54) is 6.07 Å². The van der Waals surface area contributed by atoms with E-state index < -0.39 is 4.92 Å². The van der Waals surface area contributed by atoms with Crippen molar-refractivity contribution in [2.45, 2.75) is 24.6 Å². The second kappa shape index (κ2) is 5.84. The van der Waals surface area contributed by atoms with Gasteiger partial charge in [-0.3, -0.25) is 10.1 Å². The molecular weight excluding hydrogens is 317 g/mol. The largest absolute Gasteiger partial charge is 0.274 e. The highest BCUT2D eigenvalue weighted by Gasteiger charge is 2.18. The molecule has 0 aliphatic rings. The van der Waals surface area contributed by atoms with Crippen molar-refractivity contribution in [2.75, 3.05) is 0 Å². The topological polar surface area (TPSA) is 43.1 Å². The Kier molecular flexibility index (Phi) is 5.02. The number of halogens is 3. The van der Waals surface area contributed by atoms with E-state index in [4.69, 9.17) is 23.2 Å². The average molecular weight is 327 g/mol. The standard InChI is InChI=1S/C10H10BrCl2NO2/c1-2-7(11)3-6-4-8(12)9(13)5-10(6)14(15)16/h4-5,7H,2-3H2,1H3. The van der Waals surface area contributed by atoms with Crippen LogP contribution in [0, 0.1) is 10.1 Å². The Balaban J connectivity index is 3.14. The lowest BCUT2D eigenvalue weighted by Crippen LogP contribution is -2.04. The SMILES string of the molecule is CCC(Br)Cc1cc(Cl)c(Cl)cc1[N+](=O)[O-]. The molecule has 0 bridgehead atoms. The first-order valence-electron chi connectivity index (χ1n) is 4.72. The normalized spacial score (nSPS) is 12.5. The lowest BCUT2D eigenvalue weighted by Gasteiger charge is -2.08. The lowest BCUT2D eigenvalue weighted by molar-refractivity contribution is -0.385. The Hall–Kier alpha value is -0.320.